The van der Waals surface area contributed by atoms with Gasteiger partial charge in [-0.1, -0.05) is 78.9 Å². The summed E-state index contributed by atoms with van der Waals surface area (Å²) in [5, 5.41) is 10.6. The monoisotopic (exact) mass is 305 g/mol. The summed E-state index contributed by atoms with van der Waals surface area (Å²) < 4.78 is 0. The lowest BCUT2D eigenvalue weighted by atomic mass is 10.0. The summed E-state index contributed by atoms with van der Waals surface area (Å²) >= 11 is 0. The fourth-order valence-corrected chi connectivity index (χ4v) is 3.54. The van der Waals surface area contributed by atoms with Crippen LogP contribution in [0.4, 0.5) is 0 Å². The van der Waals surface area contributed by atoms with Gasteiger partial charge in [0.05, 0.1) is 5.35 Å². The SMILES string of the molecule is c1ccc2c(c1)=c1ccccc1=2.c1ccc2c(c1)=c1cccnc1=2. The Morgan fingerprint density at radius 3 is 1.25 bits per heavy atom. The van der Waals surface area contributed by atoms with E-state index in [1.54, 1.807) is 0 Å². The normalized spacial score (nSPS) is 11.3. The molecule has 0 fully saturated rings. The lowest BCUT2D eigenvalue weighted by Crippen LogP contribution is -1.92. The minimum atomic E-state index is 1.15. The van der Waals surface area contributed by atoms with Gasteiger partial charge in [0.1, 0.15) is 0 Å². The average Bonchev–Trinajstić information content (AvgIpc) is 2.64. The van der Waals surface area contributed by atoms with Crippen LogP contribution in [0, 0.1) is 41.9 Å². The molecule has 0 atom stereocenters. The Morgan fingerprint density at radius 2 is 0.750 bits per heavy atom. The van der Waals surface area contributed by atoms with Crippen LogP contribution in [0.2, 0.25) is 0 Å². The van der Waals surface area contributed by atoms with E-state index in [0.717, 1.165) is 5.35 Å². The zero-order valence-corrected chi connectivity index (χ0v) is 13.1. The molecule has 0 N–H and O–H groups in total. The average molecular weight is 305 g/mol. The van der Waals surface area contributed by atoms with Crippen molar-refractivity contribution >= 4 is 0 Å². The van der Waals surface area contributed by atoms with Crippen LogP contribution in [-0.2, 0) is 0 Å². The first-order valence-electron chi connectivity index (χ1n) is 8.17. The number of aromatic nitrogens is 1. The van der Waals surface area contributed by atoms with Crippen molar-refractivity contribution in [1.29, 1.82) is 0 Å². The number of hydrogen-bond acceptors (Lipinski definition) is 1. The van der Waals surface area contributed by atoms with E-state index in [2.05, 4.69) is 83.8 Å². The third-order valence-electron chi connectivity index (χ3n) is 4.71. The van der Waals surface area contributed by atoms with Gasteiger partial charge in [-0.3, -0.25) is 4.98 Å². The van der Waals surface area contributed by atoms with E-state index < -0.39 is 0 Å². The van der Waals surface area contributed by atoms with Crippen molar-refractivity contribution < 1.29 is 0 Å². The van der Waals surface area contributed by atoms with Gasteiger partial charge in [0.25, 0.3) is 0 Å². The van der Waals surface area contributed by atoms with Gasteiger partial charge < -0.3 is 0 Å². The summed E-state index contributed by atoms with van der Waals surface area (Å²) in [7, 11) is 0. The zero-order valence-electron chi connectivity index (χ0n) is 13.1. The summed E-state index contributed by atoms with van der Waals surface area (Å²) in [6, 6.07) is 29.5. The molecule has 2 aliphatic carbocycles. The largest absolute Gasteiger partial charge is 0.256 e. The smallest absolute Gasteiger partial charge is 0.0786 e. The topological polar surface area (TPSA) is 12.9 Å². The molecule has 1 heterocycles. The molecule has 0 saturated carbocycles. The molecular weight excluding hydrogens is 290 g/mol. The Morgan fingerprint density at radius 1 is 0.375 bits per heavy atom. The third-order valence-corrected chi connectivity index (χ3v) is 4.71. The molecule has 0 spiro atoms. The maximum absolute atomic E-state index is 4.31. The standard InChI is InChI=1S/C12H8.C11H7N/c1-2-6-10-9(5-1)11-7-3-4-8-12(10)11;1-2-5-9-8(4-1)10-6-3-7-12-11(9)10/h1-8H;1-7H. The molecule has 0 bridgehead atoms. The van der Waals surface area contributed by atoms with E-state index in [9.17, 15) is 0 Å². The van der Waals surface area contributed by atoms with Crippen LogP contribution in [0.15, 0.2) is 91.1 Å². The van der Waals surface area contributed by atoms with Crippen LogP contribution in [0.5, 0.6) is 0 Å². The highest BCUT2D eigenvalue weighted by Crippen LogP contribution is 2.11. The maximum Gasteiger partial charge on any atom is 0.0786 e. The predicted octanol–water partition coefficient (Wildman–Crippen LogP) is 4.54. The first-order chi connectivity index (χ1) is 11.9. The highest BCUT2D eigenvalue weighted by Gasteiger charge is 1.99. The van der Waals surface area contributed by atoms with Gasteiger partial charge in [0.15, 0.2) is 0 Å². The first kappa shape index (κ1) is 13.3. The van der Waals surface area contributed by atoms with E-state index in [1.807, 2.05) is 12.3 Å². The van der Waals surface area contributed by atoms with Crippen molar-refractivity contribution in [2.75, 3.05) is 0 Å². The van der Waals surface area contributed by atoms with Crippen LogP contribution in [0.1, 0.15) is 0 Å². The Bertz CT molecular complexity index is 1070. The van der Waals surface area contributed by atoms with Crippen molar-refractivity contribution in [3.63, 3.8) is 0 Å². The molecule has 0 amide bonds. The Hall–Kier alpha value is -3.19. The molecule has 6 rings (SSSR count). The Kier molecular flexibility index (Phi) is 2.86. The highest BCUT2D eigenvalue weighted by atomic mass is 14.6. The molecule has 0 saturated heterocycles. The molecular formula is C23H15N. The number of rotatable bonds is 0. The van der Waals surface area contributed by atoms with Gasteiger partial charge in [-0.2, -0.15) is 0 Å². The zero-order chi connectivity index (χ0) is 15.9. The Balaban J connectivity index is 0.000000109. The minimum absolute atomic E-state index is 1.15. The van der Waals surface area contributed by atoms with Gasteiger partial charge >= 0.3 is 0 Å². The summed E-state index contributed by atoms with van der Waals surface area (Å²) in [6.07, 6.45) is 1.84. The predicted molar refractivity (Wildman–Crippen MR) is 94.3 cm³/mol. The van der Waals surface area contributed by atoms with E-state index in [-0.39, 0.29) is 0 Å². The van der Waals surface area contributed by atoms with E-state index in [1.165, 1.54) is 36.5 Å². The molecule has 24 heavy (non-hydrogen) atoms. The van der Waals surface area contributed by atoms with E-state index >= 15 is 0 Å². The minimum Gasteiger partial charge on any atom is -0.256 e. The fraction of sp³-hybridized carbons (Fsp3) is 0. The summed E-state index contributed by atoms with van der Waals surface area (Å²) in [5.41, 5.74) is 0. The molecule has 4 aromatic rings. The number of fused-ring (bicyclic) bond motifs is 4. The van der Waals surface area contributed by atoms with E-state index in [0.29, 0.717) is 0 Å². The van der Waals surface area contributed by atoms with Crippen molar-refractivity contribution in [3.05, 3.63) is 133 Å². The van der Waals surface area contributed by atoms with Crippen molar-refractivity contribution in [3.8, 4) is 0 Å². The second-order valence-corrected chi connectivity index (χ2v) is 6.04. The van der Waals surface area contributed by atoms with Crippen molar-refractivity contribution in [2.45, 2.75) is 0 Å². The molecule has 1 aromatic heterocycles. The fourth-order valence-electron chi connectivity index (χ4n) is 3.54. The highest BCUT2D eigenvalue weighted by molar-refractivity contribution is 5.28. The third kappa shape index (κ3) is 1.85. The summed E-state index contributed by atoms with van der Waals surface area (Å²) in [5.74, 6) is 0. The molecule has 2 aliphatic rings. The summed E-state index contributed by atoms with van der Waals surface area (Å²) in [4.78, 5) is 4.31. The van der Waals surface area contributed by atoms with Crippen LogP contribution < -0.4 is 0 Å². The lowest BCUT2D eigenvalue weighted by Gasteiger charge is -2.02. The number of pyridine rings is 1. The summed E-state index contributed by atoms with van der Waals surface area (Å²) in [6.45, 7) is 0. The second kappa shape index (κ2) is 5.17. The molecule has 1 nitrogen and oxygen atoms in total. The molecule has 1 heteroatoms. The van der Waals surface area contributed by atoms with Gasteiger partial charge in [-0.15, -0.1) is 0 Å². The van der Waals surface area contributed by atoms with Gasteiger partial charge in [-0.25, -0.2) is 0 Å². The quantitative estimate of drug-likeness (QED) is 0.401. The Labute approximate surface area is 138 Å². The first-order valence-corrected chi connectivity index (χ1v) is 8.17. The van der Waals surface area contributed by atoms with Crippen LogP contribution in [0.25, 0.3) is 0 Å². The molecule has 0 aliphatic heterocycles. The number of benzene rings is 3. The molecule has 0 radical (unpaired) electrons. The van der Waals surface area contributed by atoms with Crippen LogP contribution in [0.3, 0.4) is 0 Å². The molecule has 112 valence electrons. The van der Waals surface area contributed by atoms with Crippen LogP contribution in [-0.4, -0.2) is 4.98 Å². The van der Waals surface area contributed by atoms with Gasteiger partial charge in [0.2, 0.25) is 0 Å². The van der Waals surface area contributed by atoms with Gasteiger partial charge in [-0.05, 0) is 32.2 Å². The van der Waals surface area contributed by atoms with Crippen molar-refractivity contribution in [2.24, 2.45) is 0 Å². The second-order valence-electron chi connectivity index (χ2n) is 6.04. The molecule has 3 aromatic carbocycles. The lowest BCUT2D eigenvalue weighted by molar-refractivity contribution is 1.13. The van der Waals surface area contributed by atoms with Crippen molar-refractivity contribution in [1.82, 2.24) is 4.98 Å². The number of nitrogens with zero attached hydrogens (tertiary/aromatic N) is 1. The van der Waals surface area contributed by atoms with Crippen LogP contribution >= 0.6 is 0 Å². The number of hydrogen-bond donors (Lipinski definition) is 0. The maximum atomic E-state index is 4.31. The molecule has 0 unspecified atom stereocenters. The van der Waals surface area contributed by atoms with Gasteiger partial charge in [0, 0.05) is 16.6 Å². The van der Waals surface area contributed by atoms with E-state index in [4.69, 9.17) is 0 Å².